The normalized spacial score (nSPS) is 13.2. The van der Waals surface area contributed by atoms with Crippen molar-refractivity contribution in [3.05, 3.63) is 137 Å². The molecule has 0 radical (unpaired) electrons. The molecule has 1 nitrogen and oxygen atoms in total. The van der Waals surface area contributed by atoms with Crippen LogP contribution in [0.1, 0.15) is 25.0 Å². The molecule has 0 unspecified atom stereocenters. The van der Waals surface area contributed by atoms with E-state index in [0.717, 1.165) is 33.8 Å². The van der Waals surface area contributed by atoms with Gasteiger partial charge in [0.1, 0.15) is 5.82 Å². The second-order valence-corrected chi connectivity index (χ2v) is 10.2. The molecule has 0 N–H and O–H groups in total. The van der Waals surface area contributed by atoms with E-state index in [1.54, 1.807) is 0 Å². The summed E-state index contributed by atoms with van der Waals surface area (Å²) in [5.41, 5.74) is 9.60. The van der Waals surface area contributed by atoms with Crippen LogP contribution >= 0.6 is 11.6 Å². The van der Waals surface area contributed by atoms with Gasteiger partial charge < -0.3 is 4.90 Å². The van der Waals surface area contributed by atoms with Crippen LogP contribution in [0, 0.1) is 5.82 Å². The first kappa shape index (κ1) is 22.6. The van der Waals surface area contributed by atoms with Gasteiger partial charge >= 0.3 is 0 Å². The molecule has 3 heteroatoms. The van der Waals surface area contributed by atoms with E-state index in [-0.39, 0.29) is 11.2 Å². The summed E-state index contributed by atoms with van der Waals surface area (Å²) in [7, 11) is 0. The smallest absolute Gasteiger partial charge is 0.123 e. The zero-order valence-electron chi connectivity index (χ0n) is 20.2. The molecule has 0 aliphatic heterocycles. The van der Waals surface area contributed by atoms with Gasteiger partial charge in [-0.05, 0) is 76.3 Å². The minimum absolute atomic E-state index is 0.189. The summed E-state index contributed by atoms with van der Waals surface area (Å²) in [4.78, 5) is 2.15. The van der Waals surface area contributed by atoms with Crippen molar-refractivity contribution >= 4 is 28.7 Å². The standard InChI is InChI=1S/C33H25ClFN/c1-33(2)29-14-7-6-13-28(29)32-30(33)20-27(21-31(32)34)36(25-17-15-24(35)16-18-25)26-12-8-11-23(19-26)22-9-4-3-5-10-22/h3-21H,1-2H3. The molecule has 5 aromatic rings. The molecule has 5 aromatic carbocycles. The van der Waals surface area contributed by atoms with E-state index < -0.39 is 0 Å². The van der Waals surface area contributed by atoms with Crippen LogP contribution in [-0.2, 0) is 5.41 Å². The molecular formula is C33H25ClFN. The van der Waals surface area contributed by atoms with Gasteiger partial charge in [-0.25, -0.2) is 4.39 Å². The van der Waals surface area contributed by atoms with Gasteiger partial charge in [0.15, 0.2) is 0 Å². The fraction of sp³-hybridized carbons (Fsp3) is 0.0909. The Kier molecular flexibility index (Phi) is 5.43. The highest BCUT2D eigenvalue weighted by Crippen LogP contribution is 2.53. The van der Waals surface area contributed by atoms with Gasteiger partial charge in [0.05, 0.1) is 5.02 Å². The molecule has 0 spiro atoms. The lowest BCUT2D eigenvalue weighted by atomic mass is 9.82. The predicted molar refractivity (Wildman–Crippen MR) is 149 cm³/mol. The third-order valence-corrected chi connectivity index (χ3v) is 7.47. The molecule has 1 aliphatic carbocycles. The van der Waals surface area contributed by atoms with Gasteiger partial charge in [-0.15, -0.1) is 0 Å². The molecule has 176 valence electrons. The second-order valence-electron chi connectivity index (χ2n) is 9.75. The highest BCUT2D eigenvalue weighted by atomic mass is 35.5. The van der Waals surface area contributed by atoms with E-state index in [9.17, 15) is 4.39 Å². The van der Waals surface area contributed by atoms with E-state index >= 15 is 0 Å². The predicted octanol–water partition coefficient (Wildman–Crippen LogP) is 9.92. The highest BCUT2D eigenvalue weighted by molar-refractivity contribution is 6.34. The molecular weight excluding hydrogens is 465 g/mol. The monoisotopic (exact) mass is 489 g/mol. The Hall–Kier alpha value is -3.88. The summed E-state index contributed by atoms with van der Waals surface area (Å²) >= 11 is 7.01. The topological polar surface area (TPSA) is 3.24 Å². The Balaban J connectivity index is 1.56. The molecule has 6 rings (SSSR count). The Morgan fingerprint density at radius 3 is 2.08 bits per heavy atom. The Bertz CT molecular complexity index is 1570. The molecule has 36 heavy (non-hydrogen) atoms. The lowest BCUT2D eigenvalue weighted by molar-refractivity contribution is 0.628. The lowest BCUT2D eigenvalue weighted by Gasteiger charge is -2.29. The summed E-state index contributed by atoms with van der Waals surface area (Å²) in [5.74, 6) is -0.264. The first-order chi connectivity index (χ1) is 17.4. The zero-order chi connectivity index (χ0) is 24.9. The number of benzene rings is 5. The average molecular weight is 490 g/mol. The van der Waals surface area contributed by atoms with Gasteiger partial charge in [-0.1, -0.05) is 92.2 Å². The van der Waals surface area contributed by atoms with Gasteiger partial charge in [0.2, 0.25) is 0 Å². The van der Waals surface area contributed by atoms with Crippen LogP contribution in [0.15, 0.2) is 115 Å². The van der Waals surface area contributed by atoms with E-state index in [0.29, 0.717) is 5.02 Å². The molecule has 0 saturated carbocycles. The number of rotatable bonds is 4. The SMILES string of the molecule is CC1(C)c2ccccc2-c2c(Cl)cc(N(c3ccc(F)cc3)c3cccc(-c4ccccc4)c3)cc21. The number of nitrogens with zero attached hydrogens (tertiary/aromatic N) is 1. The maximum atomic E-state index is 13.9. The van der Waals surface area contributed by atoms with Crippen LogP contribution in [0.4, 0.5) is 21.5 Å². The first-order valence-corrected chi connectivity index (χ1v) is 12.5. The lowest BCUT2D eigenvalue weighted by Crippen LogP contribution is -2.16. The summed E-state index contributed by atoms with van der Waals surface area (Å²) in [6, 6.07) is 38.1. The average Bonchev–Trinajstić information content (AvgIpc) is 3.13. The third-order valence-electron chi connectivity index (χ3n) is 7.17. The molecule has 1 aliphatic rings. The molecule has 0 saturated heterocycles. The Morgan fingerprint density at radius 1 is 0.611 bits per heavy atom. The van der Waals surface area contributed by atoms with Gasteiger partial charge in [-0.3, -0.25) is 0 Å². The minimum Gasteiger partial charge on any atom is -0.310 e. The maximum absolute atomic E-state index is 13.9. The van der Waals surface area contributed by atoms with Gasteiger partial charge in [-0.2, -0.15) is 0 Å². The summed E-state index contributed by atoms with van der Waals surface area (Å²) in [6.07, 6.45) is 0. The molecule has 0 heterocycles. The summed E-state index contributed by atoms with van der Waals surface area (Å²) in [6.45, 7) is 4.49. The Morgan fingerprint density at radius 2 is 1.31 bits per heavy atom. The van der Waals surface area contributed by atoms with Crippen molar-refractivity contribution in [3.8, 4) is 22.3 Å². The van der Waals surface area contributed by atoms with Crippen molar-refractivity contribution in [3.63, 3.8) is 0 Å². The number of hydrogen-bond acceptors (Lipinski definition) is 1. The van der Waals surface area contributed by atoms with Crippen LogP contribution in [-0.4, -0.2) is 0 Å². The summed E-state index contributed by atoms with van der Waals surface area (Å²) < 4.78 is 13.9. The van der Waals surface area contributed by atoms with Crippen molar-refractivity contribution < 1.29 is 4.39 Å². The van der Waals surface area contributed by atoms with E-state index in [2.05, 4.69) is 85.5 Å². The molecule has 0 aromatic heterocycles. The minimum atomic E-state index is -0.264. The molecule has 0 fully saturated rings. The number of hydrogen-bond donors (Lipinski definition) is 0. The zero-order valence-corrected chi connectivity index (χ0v) is 20.9. The van der Waals surface area contributed by atoms with Crippen LogP contribution in [0.2, 0.25) is 5.02 Å². The van der Waals surface area contributed by atoms with Crippen molar-refractivity contribution in [2.75, 3.05) is 4.90 Å². The van der Waals surface area contributed by atoms with Crippen LogP contribution in [0.25, 0.3) is 22.3 Å². The maximum Gasteiger partial charge on any atom is 0.123 e. The van der Waals surface area contributed by atoms with Crippen molar-refractivity contribution in [1.82, 2.24) is 0 Å². The first-order valence-electron chi connectivity index (χ1n) is 12.1. The third kappa shape index (κ3) is 3.70. The van der Waals surface area contributed by atoms with Gasteiger partial charge in [0.25, 0.3) is 0 Å². The van der Waals surface area contributed by atoms with Crippen molar-refractivity contribution in [1.29, 1.82) is 0 Å². The Labute approximate surface area is 216 Å². The van der Waals surface area contributed by atoms with Crippen LogP contribution < -0.4 is 4.90 Å². The molecule has 0 amide bonds. The quantitative estimate of drug-likeness (QED) is 0.243. The number of anilines is 3. The van der Waals surface area contributed by atoms with Crippen molar-refractivity contribution in [2.24, 2.45) is 0 Å². The number of halogens is 2. The highest BCUT2D eigenvalue weighted by Gasteiger charge is 2.37. The van der Waals surface area contributed by atoms with E-state index in [1.165, 1.54) is 28.8 Å². The molecule has 0 bridgehead atoms. The largest absolute Gasteiger partial charge is 0.310 e. The fourth-order valence-corrected chi connectivity index (χ4v) is 5.69. The van der Waals surface area contributed by atoms with Crippen LogP contribution in [0.5, 0.6) is 0 Å². The van der Waals surface area contributed by atoms with Crippen molar-refractivity contribution in [2.45, 2.75) is 19.3 Å². The fourth-order valence-electron chi connectivity index (χ4n) is 5.37. The van der Waals surface area contributed by atoms with E-state index in [1.807, 2.05) is 36.4 Å². The van der Waals surface area contributed by atoms with Gasteiger partial charge in [0, 0.05) is 28.0 Å². The van der Waals surface area contributed by atoms with Crippen LogP contribution in [0.3, 0.4) is 0 Å². The second kappa shape index (κ2) is 8.65. The van der Waals surface area contributed by atoms with E-state index in [4.69, 9.17) is 11.6 Å². The number of fused-ring (bicyclic) bond motifs is 3. The molecule has 0 atom stereocenters. The summed E-state index contributed by atoms with van der Waals surface area (Å²) in [5, 5.41) is 0.715.